The summed E-state index contributed by atoms with van der Waals surface area (Å²) in [5, 5.41) is 3.22. The molecule has 0 bridgehead atoms. The Balaban J connectivity index is 1.84. The Morgan fingerprint density at radius 1 is 1.21 bits per heavy atom. The third-order valence-electron chi connectivity index (χ3n) is 3.57. The minimum Gasteiger partial charge on any atom is -0.496 e. The quantitative estimate of drug-likeness (QED) is 0.748. The van der Waals surface area contributed by atoms with Crippen LogP contribution in [-0.4, -0.2) is 13.0 Å². The number of para-hydroxylation sites is 1. The van der Waals surface area contributed by atoms with Gasteiger partial charge in [-0.2, -0.15) is 0 Å². The standard InChI is InChI=1S/C18H14FNO4/c1-23-15-7-6-13(19)8-12(15)10-20-17(21)14-9-11-4-2-3-5-16(11)24-18(14)22/h2-9H,10H2,1H3,(H,20,21). The first-order valence-corrected chi connectivity index (χ1v) is 7.22. The van der Waals surface area contributed by atoms with Gasteiger partial charge in [0.25, 0.3) is 5.91 Å². The lowest BCUT2D eigenvalue weighted by Crippen LogP contribution is -2.28. The van der Waals surface area contributed by atoms with Crippen LogP contribution in [0.1, 0.15) is 15.9 Å². The van der Waals surface area contributed by atoms with E-state index in [1.807, 2.05) is 0 Å². The number of benzene rings is 2. The molecule has 0 saturated carbocycles. The summed E-state index contributed by atoms with van der Waals surface area (Å²) in [6, 6.07) is 12.4. The predicted molar refractivity (Wildman–Crippen MR) is 86.6 cm³/mol. The van der Waals surface area contributed by atoms with Gasteiger partial charge in [-0.05, 0) is 30.3 Å². The van der Waals surface area contributed by atoms with Gasteiger partial charge in [0.15, 0.2) is 0 Å². The molecule has 0 radical (unpaired) electrons. The van der Waals surface area contributed by atoms with Crippen molar-refractivity contribution in [3.63, 3.8) is 0 Å². The number of rotatable bonds is 4. The molecule has 3 aromatic rings. The first-order valence-electron chi connectivity index (χ1n) is 7.22. The van der Waals surface area contributed by atoms with E-state index in [1.165, 1.54) is 31.4 Å². The maximum atomic E-state index is 13.3. The van der Waals surface area contributed by atoms with E-state index >= 15 is 0 Å². The van der Waals surface area contributed by atoms with E-state index in [0.29, 0.717) is 22.3 Å². The minimum atomic E-state index is -0.725. The minimum absolute atomic E-state index is 0.0199. The fourth-order valence-corrected chi connectivity index (χ4v) is 2.38. The van der Waals surface area contributed by atoms with E-state index in [4.69, 9.17) is 9.15 Å². The highest BCUT2D eigenvalue weighted by atomic mass is 19.1. The van der Waals surface area contributed by atoms with Gasteiger partial charge in [-0.1, -0.05) is 18.2 Å². The molecule has 6 heteroatoms. The molecule has 0 unspecified atom stereocenters. The van der Waals surface area contributed by atoms with Crippen molar-refractivity contribution in [1.29, 1.82) is 0 Å². The molecule has 0 fully saturated rings. The van der Waals surface area contributed by atoms with Crippen molar-refractivity contribution in [2.24, 2.45) is 0 Å². The number of amides is 1. The number of halogens is 1. The monoisotopic (exact) mass is 327 g/mol. The normalized spacial score (nSPS) is 10.6. The molecule has 0 aliphatic rings. The van der Waals surface area contributed by atoms with Gasteiger partial charge in [-0.3, -0.25) is 4.79 Å². The molecule has 0 saturated heterocycles. The van der Waals surface area contributed by atoms with Crippen LogP contribution in [0.2, 0.25) is 0 Å². The van der Waals surface area contributed by atoms with Crippen LogP contribution in [0.15, 0.2) is 57.7 Å². The number of methoxy groups -OCH3 is 1. The number of carbonyl (C=O) groups is 1. The van der Waals surface area contributed by atoms with Crippen molar-refractivity contribution in [1.82, 2.24) is 5.32 Å². The molecule has 122 valence electrons. The number of hydrogen-bond donors (Lipinski definition) is 1. The summed E-state index contributed by atoms with van der Waals surface area (Å²) in [5.74, 6) is -0.590. The van der Waals surface area contributed by atoms with Gasteiger partial charge in [0, 0.05) is 17.5 Å². The maximum Gasteiger partial charge on any atom is 0.349 e. The van der Waals surface area contributed by atoms with Gasteiger partial charge in [-0.25, -0.2) is 9.18 Å². The molecular formula is C18H14FNO4. The summed E-state index contributed by atoms with van der Waals surface area (Å²) in [5.41, 5.74) is 0.0448. The Hall–Kier alpha value is -3.15. The molecule has 1 heterocycles. The first kappa shape index (κ1) is 15.7. The zero-order valence-electron chi connectivity index (χ0n) is 12.8. The van der Waals surface area contributed by atoms with Crippen LogP contribution < -0.4 is 15.7 Å². The second kappa shape index (κ2) is 6.54. The van der Waals surface area contributed by atoms with Crippen LogP contribution in [0, 0.1) is 5.82 Å². The largest absolute Gasteiger partial charge is 0.496 e. The smallest absolute Gasteiger partial charge is 0.349 e. The van der Waals surface area contributed by atoms with Crippen LogP contribution >= 0.6 is 0 Å². The molecule has 24 heavy (non-hydrogen) atoms. The van der Waals surface area contributed by atoms with Crippen molar-refractivity contribution in [3.8, 4) is 5.75 Å². The van der Waals surface area contributed by atoms with Gasteiger partial charge in [0.2, 0.25) is 0 Å². The van der Waals surface area contributed by atoms with Gasteiger partial charge in [-0.15, -0.1) is 0 Å². The highest BCUT2D eigenvalue weighted by Gasteiger charge is 2.14. The number of fused-ring (bicyclic) bond motifs is 1. The fourth-order valence-electron chi connectivity index (χ4n) is 2.38. The number of ether oxygens (including phenoxy) is 1. The van der Waals surface area contributed by atoms with Crippen molar-refractivity contribution in [2.45, 2.75) is 6.54 Å². The summed E-state index contributed by atoms with van der Waals surface area (Å²) in [7, 11) is 1.45. The Kier molecular flexibility index (Phi) is 4.29. The lowest BCUT2D eigenvalue weighted by molar-refractivity contribution is 0.0947. The van der Waals surface area contributed by atoms with E-state index in [1.54, 1.807) is 24.3 Å². The fraction of sp³-hybridized carbons (Fsp3) is 0.111. The van der Waals surface area contributed by atoms with Crippen LogP contribution in [-0.2, 0) is 6.54 Å². The van der Waals surface area contributed by atoms with Crippen molar-refractivity contribution in [2.75, 3.05) is 7.11 Å². The third kappa shape index (κ3) is 3.12. The SMILES string of the molecule is COc1ccc(F)cc1CNC(=O)c1cc2ccccc2oc1=O. The summed E-state index contributed by atoms with van der Waals surface area (Å²) in [6.07, 6.45) is 0. The molecule has 0 aliphatic heterocycles. The van der Waals surface area contributed by atoms with Crippen molar-refractivity contribution >= 4 is 16.9 Å². The van der Waals surface area contributed by atoms with Crippen LogP contribution in [0.25, 0.3) is 11.0 Å². The summed E-state index contributed by atoms with van der Waals surface area (Å²) in [4.78, 5) is 24.2. The zero-order valence-corrected chi connectivity index (χ0v) is 12.8. The van der Waals surface area contributed by atoms with Gasteiger partial charge < -0.3 is 14.5 Å². The van der Waals surface area contributed by atoms with E-state index in [2.05, 4.69) is 5.32 Å². The molecule has 0 spiro atoms. The lowest BCUT2D eigenvalue weighted by Gasteiger charge is -2.10. The maximum absolute atomic E-state index is 13.3. The molecular weight excluding hydrogens is 313 g/mol. The van der Waals surface area contributed by atoms with Crippen LogP contribution in [0.4, 0.5) is 4.39 Å². The summed E-state index contributed by atoms with van der Waals surface area (Å²) in [6.45, 7) is 0.0199. The van der Waals surface area contributed by atoms with Crippen molar-refractivity contribution in [3.05, 3.63) is 75.9 Å². The number of carbonyl (C=O) groups excluding carboxylic acids is 1. The van der Waals surface area contributed by atoms with E-state index in [9.17, 15) is 14.0 Å². The van der Waals surface area contributed by atoms with Crippen molar-refractivity contribution < 1.29 is 18.3 Å². The third-order valence-corrected chi connectivity index (χ3v) is 3.57. The van der Waals surface area contributed by atoms with E-state index in [-0.39, 0.29) is 12.1 Å². The van der Waals surface area contributed by atoms with E-state index in [0.717, 1.165) is 0 Å². The lowest BCUT2D eigenvalue weighted by atomic mass is 10.1. The molecule has 5 nitrogen and oxygen atoms in total. The topological polar surface area (TPSA) is 68.5 Å². The average Bonchev–Trinajstić information content (AvgIpc) is 2.59. The molecule has 1 amide bonds. The average molecular weight is 327 g/mol. The Bertz CT molecular complexity index is 965. The highest BCUT2D eigenvalue weighted by Crippen LogP contribution is 2.19. The van der Waals surface area contributed by atoms with Gasteiger partial charge >= 0.3 is 5.63 Å². The molecule has 1 aromatic heterocycles. The van der Waals surface area contributed by atoms with E-state index < -0.39 is 17.3 Å². The van der Waals surface area contributed by atoms with Crippen LogP contribution in [0.5, 0.6) is 5.75 Å². The first-order chi connectivity index (χ1) is 11.6. The zero-order chi connectivity index (χ0) is 17.1. The summed E-state index contributed by atoms with van der Waals surface area (Å²) >= 11 is 0. The second-order valence-corrected chi connectivity index (χ2v) is 5.12. The molecule has 0 aliphatic carbocycles. The number of hydrogen-bond acceptors (Lipinski definition) is 4. The van der Waals surface area contributed by atoms with Gasteiger partial charge in [0.05, 0.1) is 7.11 Å². The Morgan fingerprint density at radius 2 is 2.00 bits per heavy atom. The predicted octanol–water partition coefficient (Wildman–Crippen LogP) is 2.87. The summed E-state index contributed by atoms with van der Waals surface area (Å²) < 4.78 is 23.6. The van der Waals surface area contributed by atoms with Crippen LogP contribution in [0.3, 0.4) is 0 Å². The highest BCUT2D eigenvalue weighted by molar-refractivity contribution is 5.96. The van der Waals surface area contributed by atoms with Gasteiger partial charge in [0.1, 0.15) is 22.7 Å². The number of nitrogens with one attached hydrogen (secondary N) is 1. The second-order valence-electron chi connectivity index (χ2n) is 5.12. The Labute approximate surface area is 136 Å². The molecule has 0 atom stereocenters. The molecule has 1 N–H and O–H groups in total. The molecule has 3 rings (SSSR count). The molecule has 2 aromatic carbocycles. The Morgan fingerprint density at radius 3 is 2.79 bits per heavy atom.